The lowest BCUT2D eigenvalue weighted by Crippen LogP contribution is -2.13. The zero-order valence-electron chi connectivity index (χ0n) is 25.8. The van der Waals surface area contributed by atoms with Crippen LogP contribution in [0.1, 0.15) is 97.6 Å². The molecule has 0 radical (unpaired) electrons. The Balaban J connectivity index is 2.25. The molecule has 0 N–H and O–H groups in total. The van der Waals surface area contributed by atoms with Crippen LogP contribution in [0.2, 0.25) is 0 Å². The first-order chi connectivity index (χ1) is 17.1. The molecule has 0 saturated carbocycles. The molecule has 0 unspecified atom stereocenters. The lowest BCUT2D eigenvalue weighted by atomic mass is 9.92. The van der Waals surface area contributed by atoms with E-state index in [1.807, 2.05) is 0 Å². The van der Waals surface area contributed by atoms with E-state index in [4.69, 9.17) is 15.0 Å². The molecule has 0 fully saturated rings. The van der Waals surface area contributed by atoms with Gasteiger partial charge in [-0.3, -0.25) is 9.98 Å². The molecular weight excluding hydrogens is 450 g/mol. The summed E-state index contributed by atoms with van der Waals surface area (Å²) >= 11 is 0. The molecule has 1 heterocycles. The standard InChI is InChI=1S/C34H45N3/c1-16-18(3)23(8)31(24(9)19(16)4)35-29(14)33-27(12)22(7)28(13)34(37-33)30(15)36-32-25(10)20(5)17(2)21(6)26(32)11/h1-15H3/b35-29+,36-30+. The van der Waals surface area contributed by atoms with E-state index < -0.39 is 0 Å². The summed E-state index contributed by atoms with van der Waals surface area (Å²) in [5.41, 5.74) is 22.5. The van der Waals surface area contributed by atoms with E-state index in [2.05, 4.69) is 104 Å². The number of pyridine rings is 1. The van der Waals surface area contributed by atoms with Crippen molar-refractivity contribution in [2.45, 2.75) is 104 Å². The van der Waals surface area contributed by atoms with E-state index in [9.17, 15) is 0 Å². The highest BCUT2D eigenvalue weighted by Gasteiger charge is 2.19. The fourth-order valence-corrected chi connectivity index (χ4v) is 5.36. The summed E-state index contributed by atoms with van der Waals surface area (Å²) in [4.78, 5) is 15.6. The summed E-state index contributed by atoms with van der Waals surface area (Å²) in [7, 11) is 0. The van der Waals surface area contributed by atoms with Crippen molar-refractivity contribution >= 4 is 22.8 Å². The highest BCUT2D eigenvalue weighted by molar-refractivity contribution is 6.04. The maximum absolute atomic E-state index is 5.21. The van der Waals surface area contributed by atoms with Gasteiger partial charge in [-0.25, -0.2) is 4.98 Å². The average molecular weight is 496 g/mol. The van der Waals surface area contributed by atoms with Gasteiger partial charge in [0.15, 0.2) is 0 Å². The van der Waals surface area contributed by atoms with Crippen LogP contribution in [0.3, 0.4) is 0 Å². The minimum Gasteiger partial charge on any atom is -0.251 e. The van der Waals surface area contributed by atoms with Crippen LogP contribution in [0, 0.1) is 90.0 Å². The van der Waals surface area contributed by atoms with Gasteiger partial charge in [0, 0.05) is 0 Å². The number of benzene rings is 2. The van der Waals surface area contributed by atoms with Crippen LogP contribution >= 0.6 is 0 Å². The van der Waals surface area contributed by atoms with E-state index in [0.29, 0.717) is 0 Å². The summed E-state index contributed by atoms with van der Waals surface area (Å²) < 4.78 is 0. The largest absolute Gasteiger partial charge is 0.251 e. The number of aromatic nitrogens is 1. The van der Waals surface area contributed by atoms with Crippen molar-refractivity contribution in [1.29, 1.82) is 0 Å². The van der Waals surface area contributed by atoms with Crippen LogP contribution in [0.4, 0.5) is 11.4 Å². The molecule has 0 aliphatic carbocycles. The molecule has 0 aliphatic rings. The number of aliphatic imine (C=N–C) groups is 2. The third-order valence-electron chi connectivity index (χ3n) is 9.22. The molecule has 0 aliphatic heterocycles. The molecule has 2 aromatic carbocycles. The summed E-state index contributed by atoms with van der Waals surface area (Å²) in [5.74, 6) is 0. The monoisotopic (exact) mass is 495 g/mol. The predicted octanol–water partition coefficient (Wildman–Crippen LogP) is 9.37. The second kappa shape index (κ2) is 10.4. The van der Waals surface area contributed by atoms with E-state index in [1.165, 1.54) is 72.3 Å². The molecular formula is C34H45N3. The number of nitrogens with zero attached hydrogens (tertiary/aromatic N) is 3. The zero-order chi connectivity index (χ0) is 28.1. The predicted molar refractivity (Wildman–Crippen MR) is 162 cm³/mol. The Bertz CT molecular complexity index is 1330. The lowest BCUT2D eigenvalue weighted by molar-refractivity contribution is 1.11. The Morgan fingerprint density at radius 1 is 0.351 bits per heavy atom. The Kier molecular flexibility index (Phi) is 7.98. The molecule has 1 aromatic heterocycles. The van der Waals surface area contributed by atoms with Crippen molar-refractivity contribution in [2.24, 2.45) is 9.98 Å². The topological polar surface area (TPSA) is 37.6 Å². The van der Waals surface area contributed by atoms with Crippen LogP contribution < -0.4 is 0 Å². The lowest BCUT2D eigenvalue weighted by Gasteiger charge is -2.19. The quantitative estimate of drug-likeness (QED) is 0.332. The smallest absolute Gasteiger partial charge is 0.0881 e. The summed E-state index contributed by atoms with van der Waals surface area (Å²) in [6.07, 6.45) is 0. The number of rotatable bonds is 4. The van der Waals surface area contributed by atoms with Crippen LogP contribution in [0.25, 0.3) is 0 Å². The van der Waals surface area contributed by atoms with Crippen LogP contribution in [-0.4, -0.2) is 16.4 Å². The molecule has 0 saturated heterocycles. The van der Waals surface area contributed by atoms with Gasteiger partial charge in [-0.2, -0.15) is 0 Å². The van der Waals surface area contributed by atoms with Crippen LogP contribution in [-0.2, 0) is 0 Å². The fourth-order valence-electron chi connectivity index (χ4n) is 5.36. The summed E-state index contributed by atoms with van der Waals surface area (Å²) in [5, 5.41) is 0. The molecule has 3 rings (SSSR count). The van der Waals surface area contributed by atoms with Gasteiger partial charge in [0.1, 0.15) is 0 Å². The Morgan fingerprint density at radius 2 is 0.568 bits per heavy atom. The molecule has 196 valence electrons. The maximum atomic E-state index is 5.21. The Morgan fingerprint density at radius 3 is 0.838 bits per heavy atom. The Labute approximate surface area is 225 Å². The van der Waals surface area contributed by atoms with E-state index in [0.717, 1.165) is 34.2 Å². The molecule has 0 atom stereocenters. The zero-order valence-corrected chi connectivity index (χ0v) is 25.8. The molecule has 0 amide bonds. The minimum absolute atomic E-state index is 0.942. The van der Waals surface area contributed by atoms with E-state index in [-0.39, 0.29) is 0 Å². The molecule has 37 heavy (non-hydrogen) atoms. The minimum atomic E-state index is 0.942. The Hall–Kier alpha value is -3.07. The van der Waals surface area contributed by atoms with Gasteiger partial charge in [-0.1, -0.05) is 0 Å². The number of hydrogen-bond donors (Lipinski definition) is 0. The van der Waals surface area contributed by atoms with Gasteiger partial charge in [-0.05, 0) is 176 Å². The molecule has 3 aromatic rings. The van der Waals surface area contributed by atoms with Gasteiger partial charge in [0.25, 0.3) is 0 Å². The molecule has 3 heteroatoms. The molecule has 0 bridgehead atoms. The molecule has 3 nitrogen and oxygen atoms in total. The fraction of sp³-hybridized carbons (Fsp3) is 0.441. The van der Waals surface area contributed by atoms with Gasteiger partial charge >= 0.3 is 0 Å². The third-order valence-corrected chi connectivity index (χ3v) is 9.22. The summed E-state index contributed by atoms with van der Waals surface area (Å²) in [6.45, 7) is 32.6. The average Bonchev–Trinajstić information content (AvgIpc) is 2.87. The van der Waals surface area contributed by atoms with Gasteiger partial charge in [0.2, 0.25) is 0 Å². The van der Waals surface area contributed by atoms with Crippen molar-refractivity contribution in [3.05, 3.63) is 83.7 Å². The summed E-state index contributed by atoms with van der Waals surface area (Å²) in [6, 6.07) is 0. The molecule has 0 spiro atoms. The maximum Gasteiger partial charge on any atom is 0.0881 e. The first-order valence-corrected chi connectivity index (χ1v) is 13.3. The van der Waals surface area contributed by atoms with Crippen molar-refractivity contribution < 1.29 is 0 Å². The van der Waals surface area contributed by atoms with Crippen LogP contribution in [0.5, 0.6) is 0 Å². The van der Waals surface area contributed by atoms with Crippen molar-refractivity contribution in [1.82, 2.24) is 4.98 Å². The van der Waals surface area contributed by atoms with Crippen LogP contribution in [0.15, 0.2) is 9.98 Å². The van der Waals surface area contributed by atoms with Crippen molar-refractivity contribution in [3.63, 3.8) is 0 Å². The van der Waals surface area contributed by atoms with Crippen molar-refractivity contribution in [2.75, 3.05) is 0 Å². The van der Waals surface area contributed by atoms with Gasteiger partial charge < -0.3 is 0 Å². The van der Waals surface area contributed by atoms with E-state index >= 15 is 0 Å². The first kappa shape index (κ1) is 28.5. The van der Waals surface area contributed by atoms with E-state index in [1.54, 1.807) is 0 Å². The number of hydrogen-bond acceptors (Lipinski definition) is 3. The highest BCUT2D eigenvalue weighted by atomic mass is 14.8. The normalized spacial score (nSPS) is 12.5. The van der Waals surface area contributed by atoms with Gasteiger partial charge in [-0.15, -0.1) is 0 Å². The SMILES string of the molecule is C/C(=N\c1c(C)c(C)c(C)c(C)c1C)c1nc(/C(C)=N/c2c(C)c(C)c(C)c(C)c2C)c(C)c(C)c1C. The highest BCUT2D eigenvalue weighted by Crippen LogP contribution is 2.35. The first-order valence-electron chi connectivity index (χ1n) is 13.3. The third kappa shape index (κ3) is 4.81. The van der Waals surface area contributed by atoms with Gasteiger partial charge in [0.05, 0.1) is 34.2 Å². The van der Waals surface area contributed by atoms with Crippen molar-refractivity contribution in [3.8, 4) is 0 Å². The second-order valence-corrected chi connectivity index (χ2v) is 11.0. The second-order valence-electron chi connectivity index (χ2n) is 11.0.